The third kappa shape index (κ3) is 5.73. The molecule has 0 radical (unpaired) electrons. The molecule has 0 bridgehead atoms. The molecule has 26 heavy (non-hydrogen) atoms. The Morgan fingerprint density at radius 1 is 1.27 bits per heavy atom. The van der Waals surface area contributed by atoms with Crippen LogP contribution in [0.5, 0.6) is 11.5 Å². The number of H-pyrrole nitrogens is 1. The highest BCUT2D eigenvalue weighted by Gasteiger charge is 2.12. The smallest absolute Gasteiger partial charge is 0.237 e. The highest BCUT2D eigenvalue weighted by molar-refractivity contribution is 7.84. The molecule has 2 aromatic rings. The van der Waals surface area contributed by atoms with E-state index in [0.717, 1.165) is 6.42 Å². The zero-order valence-corrected chi connectivity index (χ0v) is 15.6. The van der Waals surface area contributed by atoms with Gasteiger partial charge in [-0.05, 0) is 18.6 Å². The van der Waals surface area contributed by atoms with E-state index >= 15 is 0 Å². The van der Waals surface area contributed by atoms with Gasteiger partial charge in [0.15, 0.2) is 5.75 Å². The molecule has 0 saturated carbocycles. The molecule has 1 aromatic heterocycles. The van der Waals surface area contributed by atoms with Crippen LogP contribution in [0.15, 0.2) is 41.3 Å². The number of aromatic nitrogens is 1. The zero-order valence-electron chi connectivity index (χ0n) is 14.7. The summed E-state index contributed by atoms with van der Waals surface area (Å²) in [4.78, 5) is 26.9. The van der Waals surface area contributed by atoms with Crippen LogP contribution in [-0.2, 0) is 21.3 Å². The molecule has 1 unspecified atom stereocenters. The van der Waals surface area contributed by atoms with Crippen molar-refractivity contribution < 1.29 is 18.5 Å². The van der Waals surface area contributed by atoms with Crippen molar-refractivity contribution in [1.82, 2.24) is 4.98 Å². The van der Waals surface area contributed by atoms with E-state index in [0.29, 0.717) is 23.7 Å². The Balaban J connectivity index is 1.92. The number of hydrogen-bond acceptors (Lipinski definition) is 5. The molecule has 7 nitrogen and oxygen atoms in total. The van der Waals surface area contributed by atoms with Gasteiger partial charge in [-0.25, -0.2) is 0 Å². The first-order valence-electron chi connectivity index (χ1n) is 8.15. The number of aromatic amines is 1. The van der Waals surface area contributed by atoms with E-state index in [1.165, 1.54) is 19.4 Å². The lowest BCUT2D eigenvalue weighted by Gasteiger charge is -2.10. The fourth-order valence-electron chi connectivity index (χ4n) is 2.21. The first-order valence-corrected chi connectivity index (χ1v) is 9.64. The maximum absolute atomic E-state index is 12.2. The van der Waals surface area contributed by atoms with Crippen molar-refractivity contribution in [3.63, 3.8) is 0 Å². The molecule has 0 fully saturated rings. The van der Waals surface area contributed by atoms with Gasteiger partial charge in [0.05, 0.1) is 25.2 Å². The molecule has 2 N–H and O–H groups in total. The third-order valence-corrected chi connectivity index (χ3v) is 4.61. The van der Waals surface area contributed by atoms with E-state index in [2.05, 4.69) is 10.3 Å². The molecule has 0 spiro atoms. The van der Waals surface area contributed by atoms with Crippen LogP contribution < -0.4 is 20.2 Å². The Morgan fingerprint density at radius 2 is 2.04 bits per heavy atom. The van der Waals surface area contributed by atoms with Crippen LogP contribution in [0.25, 0.3) is 0 Å². The summed E-state index contributed by atoms with van der Waals surface area (Å²) in [7, 11) is 0.0400. The van der Waals surface area contributed by atoms with Crippen molar-refractivity contribution in [2.24, 2.45) is 0 Å². The second kappa shape index (κ2) is 9.76. The minimum absolute atomic E-state index is 0.0721. The van der Waals surface area contributed by atoms with Crippen LogP contribution >= 0.6 is 0 Å². The molecule has 1 aromatic carbocycles. The molecule has 8 heteroatoms. The molecular weight excluding hydrogens is 356 g/mol. The monoisotopic (exact) mass is 378 g/mol. The fraction of sp³-hybridized carbons (Fsp3) is 0.333. The number of nitrogens with one attached hydrogen (secondary N) is 2. The van der Waals surface area contributed by atoms with Gasteiger partial charge in [0.1, 0.15) is 11.5 Å². The molecule has 0 aliphatic carbocycles. The van der Waals surface area contributed by atoms with Gasteiger partial charge in [-0.3, -0.25) is 13.8 Å². The first kappa shape index (κ1) is 19.7. The lowest BCUT2D eigenvalue weighted by atomic mass is 10.3. The number of carbonyl (C=O) groups excluding carboxylic acids is 1. The molecule has 1 heterocycles. The number of para-hydroxylation sites is 2. The number of methoxy groups -OCH3 is 1. The van der Waals surface area contributed by atoms with Crippen molar-refractivity contribution in [2.75, 3.05) is 24.8 Å². The maximum atomic E-state index is 12.2. The predicted octanol–water partition coefficient (Wildman–Crippen LogP) is 2.06. The number of pyridine rings is 1. The summed E-state index contributed by atoms with van der Waals surface area (Å²) in [6.45, 7) is 2.40. The molecule has 1 amide bonds. The summed E-state index contributed by atoms with van der Waals surface area (Å²) >= 11 is 0. The number of hydrogen-bond donors (Lipinski definition) is 2. The van der Waals surface area contributed by atoms with E-state index in [1.807, 2.05) is 6.92 Å². The third-order valence-electron chi connectivity index (χ3n) is 3.39. The van der Waals surface area contributed by atoms with E-state index in [4.69, 9.17) is 9.47 Å². The summed E-state index contributed by atoms with van der Waals surface area (Å²) in [5, 5.41) is 2.67. The molecule has 0 aliphatic heterocycles. The molecule has 0 aliphatic rings. The van der Waals surface area contributed by atoms with Gasteiger partial charge in [-0.2, -0.15) is 0 Å². The van der Waals surface area contributed by atoms with E-state index in [-0.39, 0.29) is 22.7 Å². The number of ether oxygens (including phenoxy) is 2. The Hall–Kier alpha value is -2.61. The first-order chi connectivity index (χ1) is 12.5. The van der Waals surface area contributed by atoms with Crippen LogP contribution in [0.2, 0.25) is 0 Å². The minimum Gasteiger partial charge on any atom is -0.495 e. The van der Waals surface area contributed by atoms with Gasteiger partial charge in [0, 0.05) is 28.8 Å². The molecule has 0 saturated heterocycles. The van der Waals surface area contributed by atoms with E-state index in [1.54, 1.807) is 24.3 Å². The molecular formula is C18H22N2O5S. The van der Waals surface area contributed by atoms with Gasteiger partial charge in [-0.15, -0.1) is 0 Å². The quantitative estimate of drug-likeness (QED) is 0.696. The summed E-state index contributed by atoms with van der Waals surface area (Å²) in [6.07, 6.45) is 2.26. The van der Waals surface area contributed by atoms with Crippen molar-refractivity contribution in [3.8, 4) is 11.5 Å². The number of benzene rings is 1. The topological polar surface area (TPSA) is 97.5 Å². The van der Waals surface area contributed by atoms with Crippen LogP contribution in [0, 0.1) is 0 Å². The van der Waals surface area contributed by atoms with Gasteiger partial charge < -0.3 is 19.8 Å². The number of carbonyl (C=O) groups is 1. The normalized spacial score (nSPS) is 11.6. The lowest BCUT2D eigenvalue weighted by molar-refractivity contribution is -0.113. The molecule has 140 valence electrons. The Bertz CT molecular complexity index is 834. The predicted molar refractivity (Wildman–Crippen MR) is 101 cm³/mol. The standard InChI is InChI=1S/C18H22N2O5S/c1-3-8-25-17-10-19-13(9-15(17)21)11-26(23)12-18(22)20-14-6-4-5-7-16(14)24-2/h4-7,9-10H,3,8,11-12H2,1-2H3,(H,19,21)(H,20,22). The summed E-state index contributed by atoms with van der Waals surface area (Å²) in [6, 6.07) is 8.32. The van der Waals surface area contributed by atoms with Crippen molar-refractivity contribution in [3.05, 3.63) is 52.4 Å². The van der Waals surface area contributed by atoms with Crippen LogP contribution in [0.3, 0.4) is 0 Å². The van der Waals surface area contributed by atoms with Gasteiger partial charge in [0.2, 0.25) is 11.3 Å². The molecule has 2 rings (SSSR count). The van der Waals surface area contributed by atoms with E-state index < -0.39 is 16.7 Å². The van der Waals surface area contributed by atoms with E-state index in [9.17, 15) is 13.8 Å². The van der Waals surface area contributed by atoms with Gasteiger partial charge in [0.25, 0.3) is 0 Å². The van der Waals surface area contributed by atoms with Crippen LogP contribution in [-0.4, -0.2) is 34.6 Å². The minimum atomic E-state index is -1.47. The van der Waals surface area contributed by atoms with Crippen LogP contribution in [0.4, 0.5) is 5.69 Å². The number of rotatable bonds is 9. The second-order valence-corrected chi connectivity index (χ2v) is 6.97. The highest BCUT2D eigenvalue weighted by atomic mass is 32.2. The average Bonchev–Trinajstić information content (AvgIpc) is 2.61. The summed E-state index contributed by atoms with van der Waals surface area (Å²) in [5.41, 5.74) is 0.729. The highest BCUT2D eigenvalue weighted by Crippen LogP contribution is 2.22. The summed E-state index contributed by atoms with van der Waals surface area (Å²) in [5.74, 6) is 0.253. The Morgan fingerprint density at radius 3 is 2.73 bits per heavy atom. The van der Waals surface area contributed by atoms with Crippen molar-refractivity contribution >= 4 is 22.4 Å². The number of amides is 1. The summed E-state index contributed by atoms with van der Waals surface area (Å²) < 4.78 is 22.7. The Kier molecular flexibility index (Phi) is 7.40. The van der Waals surface area contributed by atoms with Crippen molar-refractivity contribution in [1.29, 1.82) is 0 Å². The van der Waals surface area contributed by atoms with Crippen LogP contribution in [0.1, 0.15) is 19.0 Å². The zero-order chi connectivity index (χ0) is 18.9. The fourth-order valence-corrected chi connectivity index (χ4v) is 3.19. The maximum Gasteiger partial charge on any atom is 0.237 e. The lowest BCUT2D eigenvalue weighted by Crippen LogP contribution is -2.21. The van der Waals surface area contributed by atoms with Gasteiger partial charge >= 0.3 is 0 Å². The average molecular weight is 378 g/mol. The Labute approximate surface area is 154 Å². The largest absolute Gasteiger partial charge is 0.495 e. The second-order valence-electron chi connectivity index (χ2n) is 5.51. The SMILES string of the molecule is CCCOc1c[nH]c(CS(=O)CC(=O)Nc2ccccc2OC)cc1=O. The molecule has 1 atom stereocenters. The van der Waals surface area contributed by atoms with Gasteiger partial charge in [-0.1, -0.05) is 19.1 Å². The van der Waals surface area contributed by atoms with Crippen molar-refractivity contribution in [2.45, 2.75) is 19.1 Å². The number of anilines is 1.